The predicted octanol–water partition coefficient (Wildman–Crippen LogP) is 1.33. The lowest BCUT2D eigenvalue weighted by Gasteiger charge is -2.22. The van der Waals surface area contributed by atoms with Gasteiger partial charge in [0.15, 0.2) is 11.5 Å². The fourth-order valence-corrected chi connectivity index (χ4v) is 2.84. The molecule has 2 N–H and O–H groups in total. The van der Waals surface area contributed by atoms with E-state index in [0.717, 1.165) is 0 Å². The van der Waals surface area contributed by atoms with Crippen LogP contribution in [0, 0.1) is 0 Å². The molecule has 0 saturated carbocycles. The first-order chi connectivity index (χ1) is 12.5. The van der Waals surface area contributed by atoms with E-state index in [1.807, 2.05) is 18.2 Å². The van der Waals surface area contributed by atoms with Crippen LogP contribution in [-0.2, 0) is 0 Å². The minimum absolute atomic E-state index is 0.145. The van der Waals surface area contributed by atoms with Gasteiger partial charge in [0.2, 0.25) is 0 Å². The van der Waals surface area contributed by atoms with Crippen molar-refractivity contribution >= 4 is 5.91 Å². The Morgan fingerprint density at radius 1 is 0.962 bits per heavy atom. The Kier molecular flexibility index (Phi) is 6.86. The van der Waals surface area contributed by atoms with E-state index in [-0.39, 0.29) is 11.9 Å². The first-order valence-corrected chi connectivity index (χ1v) is 8.45. The maximum Gasteiger partial charge on any atom is 0.255 e. The summed E-state index contributed by atoms with van der Waals surface area (Å²) >= 11 is 0. The highest BCUT2D eigenvalue weighted by Crippen LogP contribution is 2.34. The van der Waals surface area contributed by atoms with Gasteiger partial charge in [0.1, 0.15) is 11.8 Å². The second-order valence-electron chi connectivity index (χ2n) is 6.16. The minimum atomic E-state index is -0.218. The molecule has 0 aliphatic heterocycles. The van der Waals surface area contributed by atoms with Crippen LogP contribution >= 0.6 is 0 Å². The molecule has 140 valence electrons. The molecule has 0 saturated heterocycles. The summed E-state index contributed by atoms with van der Waals surface area (Å²) in [5, 5.41) is 3.01. The van der Waals surface area contributed by atoms with Gasteiger partial charge in [-0.3, -0.25) is 4.79 Å². The van der Waals surface area contributed by atoms with E-state index >= 15 is 0 Å². The van der Waals surface area contributed by atoms with E-state index in [1.54, 1.807) is 19.2 Å². The van der Waals surface area contributed by atoms with Gasteiger partial charge in [0.05, 0.1) is 47.5 Å². The van der Waals surface area contributed by atoms with Crippen LogP contribution in [0.4, 0.5) is 0 Å². The number of nitrogens with one attached hydrogen (secondary N) is 2. The molecule has 0 fully saturated rings. The van der Waals surface area contributed by atoms with E-state index in [9.17, 15) is 4.79 Å². The molecule has 6 nitrogen and oxygen atoms in total. The monoisotopic (exact) mass is 359 g/mol. The molecule has 2 aromatic rings. The lowest BCUT2D eigenvalue weighted by molar-refractivity contribution is -0.890. The van der Waals surface area contributed by atoms with Gasteiger partial charge in [-0.2, -0.15) is 0 Å². The average Bonchev–Trinajstić information content (AvgIpc) is 2.67. The second kappa shape index (κ2) is 9.10. The maximum absolute atomic E-state index is 12.8. The highest BCUT2D eigenvalue weighted by molar-refractivity contribution is 5.97. The summed E-state index contributed by atoms with van der Waals surface area (Å²) < 4.78 is 15.9. The summed E-state index contributed by atoms with van der Waals surface area (Å²) in [6.07, 6.45) is 0. The number of methoxy groups -OCH3 is 3. The van der Waals surface area contributed by atoms with Crippen molar-refractivity contribution in [1.29, 1.82) is 0 Å². The zero-order valence-corrected chi connectivity index (χ0v) is 16.0. The van der Waals surface area contributed by atoms with Crippen LogP contribution in [0.5, 0.6) is 17.2 Å². The SMILES string of the molecule is COc1cc(OC)c(C(=O)NC[C@H](c2ccccc2)[NH+](C)C)cc1OC. The molecule has 0 aliphatic rings. The number of carbonyl (C=O) groups is 1. The van der Waals surface area contributed by atoms with Crippen molar-refractivity contribution in [2.45, 2.75) is 6.04 Å². The van der Waals surface area contributed by atoms with Gasteiger partial charge in [-0.05, 0) is 0 Å². The molecule has 2 rings (SSSR count). The maximum atomic E-state index is 12.8. The molecule has 0 unspecified atom stereocenters. The van der Waals surface area contributed by atoms with Crippen LogP contribution in [0.1, 0.15) is 22.0 Å². The molecule has 0 aromatic heterocycles. The van der Waals surface area contributed by atoms with Gasteiger partial charge < -0.3 is 24.4 Å². The summed E-state index contributed by atoms with van der Waals surface area (Å²) in [7, 11) is 8.74. The van der Waals surface area contributed by atoms with Crippen LogP contribution in [0.3, 0.4) is 0 Å². The van der Waals surface area contributed by atoms with Crippen LogP contribution in [-0.4, -0.2) is 47.9 Å². The van der Waals surface area contributed by atoms with E-state index in [1.165, 1.54) is 24.7 Å². The molecule has 6 heteroatoms. The number of ether oxygens (including phenoxy) is 3. The number of hydrogen-bond acceptors (Lipinski definition) is 4. The van der Waals surface area contributed by atoms with Gasteiger partial charge in [-0.15, -0.1) is 0 Å². The molecule has 0 radical (unpaired) electrons. The third-order valence-corrected chi connectivity index (χ3v) is 4.32. The predicted molar refractivity (Wildman–Crippen MR) is 100 cm³/mol. The molecule has 0 aliphatic carbocycles. The molecule has 0 heterocycles. The number of benzene rings is 2. The quantitative estimate of drug-likeness (QED) is 0.747. The number of amides is 1. The Balaban J connectivity index is 2.21. The minimum Gasteiger partial charge on any atom is -0.496 e. The molecule has 2 aromatic carbocycles. The fourth-order valence-electron chi connectivity index (χ4n) is 2.84. The number of carbonyl (C=O) groups excluding carboxylic acids is 1. The average molecular weight is 359 g/mol. The van der Waals surface area contributed by atoms with Gasteiger partial charge in [-0.25, -0.2) is 0 Å². The van der Waals surface area contributed by atoms with E-state index in [4.69, 9.17) is 14.2 Å². The lowest BCUT2D eigenvalue weighted by atomic mass is 10.1. The Morgan fingerprint density at radius 3 is 2.08 bits per heavy atom. The van der Waals surface area contributed by atoms with Crippen molar-refractivity contribution in [1.82, 2.24) is 5.32 Å². The molecule has 0 spiro atoms. The van der Waals surface area contributed by atoms with E-state index in [0.29, 0.717) is 29.4 Å². The lowest BCUT2D eigenvalue weighted by Crippen LogP contribution is -3.07. The van der Waals surface area contributed by atoms with Gasteiger partial charge in [-0.1, -0.05) is 30.3 Å². The Bertz CT molecular complexity index is 732. The smallest absolute Gasteiger partial charge is 0.255 e. The largest absolute Gasteiger partial charge is 0.496 e. The summed E-state index contributed by atoms with van der Waals surface area (Å²) in [5.74, 6) is 1.22. The standard InChI is InChI=1S/C20H26N2O4/c1-22(2)16(14-9-7-6-8-10-14)13-21-20(23)15-11-18(25-4)19(26-5)12-17(15)24-3/h6-12,16H,13H2,1-5H3,(H,21,23)/p+1/t16-/m1/s1. The molecule has 1 atom stereocenters. The van der Waals surface area contributed by atoms with Gasteiger partial charge in [0, 0.05) is 17.7 Å². The summed E-state index contributed by atoms with van der Waals surface area (Å²) in [6, 6.07) is 13.6. The fraction of sp³-hybridized carbons (Fsp3) is 0.350. The molecule has 0 bridgehead atoms. The van der Waals surface area contributed by atoms with Crippen molar-refractivity contribution in [3.8, 4) is 17.2 Å². The first-order valence-electron chi connectivity index (χ1n) is 8.45. The van der Waals surface area contributed by atoms with Crippen molar-refractivity contribution in [2.24, 2.45) is 0 Å². The Morgan fingerprint density at radius 2 is 1.54 bits per heavy atom. The Labute approximate surface area is 154 Å². The van der Waals surface area contributed by atoms with Crippen molar-refractivity contribution < 1.29 is 23.9 Å². The number of quaternary nitrogens is 1. The van der Waals surface area contributed by atoms with Gasteiger partial charge >= 0.3 is 0 Å². The van der Waals surface area contributed by atoms with E-state index in [2.05, 4.69) is 31.5 Å². The van der Waals surface area contributed by atoms with Crippen LogP contribution in [0.2, 0.25) is 0 Å². The normalized spacial score (nSPS) is 11.8. The zero-order valence-electron chi connectivity index (χ0n) is 16.0. The number of likely N-dealkylation sites (N-methyl/N-ethyl adjacent to an activating group) is 1. The molecule has 1 amide bonds. The topological polar surface area (TPSA) is 61.2 Å². The molecular weight excluding hydrogens is 332 g/mol. The summed E-state index contributed by atoms with van der Waals surface area (Å²) in [5.41, 5.74) is 1.58. The van der Waals surface area contributed by atoms with E-state index < -0.39 is 0 Å². The number of rotatable bonds is 8. The van der Waals surface area contributed by atoms with Crippen molar-refractivity contribution in [2.75, 3.05) is 42.0 Å². The van der Waals surface area contributed by atoms with Crippen LogP contribution in [0.15, 0.2) is 42.5 Å². The highest BCUT2D eigenvalue weighted by Gasteiger charge is 2.22. The third-order valence-electron chi connectivity index (χ3n) is 4.32. The van der Waals surface area contributed by atoms with Crippen LogP contribution in [0.25, 0.3) is 0 Å². The molecule has 26 heavy (non-hydrogen) atoms. The first kappa shape index (κ1) is 19.6. The van der Waals surface area contributed by atoms with Crippen molar-refractivity contribution in [3.05, 3.63) is 53.6 Å². The zero-order chi connectivity index (χ0) is 19.1. The third kappa shape index (κ3) is 4.46. The van der Waals surface area contributed by atoms with Crippen molar-refractivity contribution in [3.63, 3.8) is 0 Å². The molecular formula is C20H27N2O4+. The second-order valence-corrected chi connectivity index (χ2v) is 6.16. The Hall–Kier alpha value is -2.73. The van der Waals surface area contributed by atoms with Crippen LogP contribution < -0.4 is 24.4 Å². The van der Waals surface area contributed by atoms with Gasteiger partial charge in [0.25, 0.3) is 5.91 Å². The highest BCUT2D eigenvalue weighted by atomic mass is 16.5. The summed E-state index contributed by atoms with van der Waals surface area (Å²) in [6.45, 7) is 0.503. The number of hydrogen-bond donors (Lipinski definition) is 2. The summed E-state index contributed by atoms with van der Waals surface area (Å²) in [4.78, 5) is 14.0.